The van der Waals surface area contributed by atoms with E-state index in [1.54, 1.807) is 18.6 Å². The normalized spacial score (nSPS) is 11.4. The van der Waals surface area contributed by atoms with Crippen LogP contribution in [0.1, 0.15) is 29.8 Å². The highest BCUT2D eigenvalue weighted by molar-refractivity contribution is 7.89. The Morgan fingerprint density at radius 3 is 2.50 bits per heavy atom. The minimum Gasteiger partial charge on any atom is -0.487 e. The van der Waals surface area contributed by atoms with Gasteiger partial charge in [0, 0.05) is 11.6 Å². The van der Waals surface area contributed by atoms with E-state index in [0.29, 0.717) is 6.07 Å². The fourth-order valence-corrected chi connectivity index (χ4v) is 2.70. The number of nitrogens with zero attached hydrogens (tertiary/aromatic N) is 1. The molecule has 0 radical (unpaired) electrons. The molecule has 0 fully saturated rings. The number of ether oxygens (including phenoxy) is 2. The Bertz CT molecular complexity index is 999. The van der Waals surface area contributed by atoms with Gasteiger partial charge < -0.3 is 9.47 Å². The van der Waals surface area contributed by atoms with Crippen LogP contribution in [-0.2, 0) is 16.6 Å². The van der Waals surface area contributed by atoms with Crippen molar-refractivity contribution < 1.29 is 31.5 Å². The van der Waals surface area contributed by atoms with Crippen LogP contribution in [0.4, 0.5) is 8.78 Å². The third-order valence-corrected chi connectivity index (χ3v) is 4.01. The molecule has 0 saturated heterocycles. The van der Waals surface area contributed by atoms with Crippen molar-refractivity contribution in [3.05, 3.63) is 52.2 Å². The SMILES string of the molecule is CC(C)Oc1ncc(OCc2cc(F)c(C(=O)NS(C)(=O)=O)cc2F)cc1Cl. The number of pyridine rings is 1. The molecule has 152 valence electrons. The first-order valence-electron chi connectivity index (χ1n) is 7.91. The molecular formula is C17H17ClF2N2O5S. The number of aromatic nitrogens is 1. The lowest BCUT2D eigenvalue weighted by Gasteiger charge is -2.12. The zero-order valence-corrected chi connectivity index (χ0v) is 16.7. The van der Waals surface area contributed by atoms with Crippen LogP contribution in [0.15, 0.2) is 24.4 Å². The molecule has 0 spiro atoms. The second-order valence-electron chi connectivity index (χ2n) is 6.04. The van der Waals surface area contributed by atoms with Gasteiger partial charge in [0.05, 0.1) is 24.1 Å². The summed E-state index contributed by atoms with van der Waals surface area (Å²) < 4.78 is 62.7. The number of benzene rings is 1. The van der Waals surface area contributed by atoms with E-state index in [1.807, 2.05) is 0 Å². The largest absolute Gasteiger partial charge is 0.487 e. The molecule has 0 atom stereocenters. The van der Waals surface area contributed by atoms with Crippen molar-refractivity contribution in [3.8, 4) is 11.6 Å². The van der Waals surface area contributed by atoms with Gasteiger partial charge in [0.1, 0.15) is 29.0 Å². The zero-order chi connectivity index (χ0) is 21.1. The van der Waals surface area contributed by atoms with E-state index in [-0.39, 0.29) is 34.9 Å². The molecule has 0 aliphatic rings. The molecule has 2 rings (SSSR count). The maximum atomic E-state index is 14.2. The lowest BCUT2D eigenvalue weighted by molar-refractivity contribution is 0.0977. The van der Waals surface area contributed by atoms with Gasteiger partial charge in [0.15, 0.2) is 0 Å². The lowest BCUT2D eigenvalue weighted by Crippen LogP contribution is -2.30. The van der Waals surface area contributed by atoms with Crippen LogP contribution in [0.2, 0.25) is 5.02 Å². The van der Waals surface area contributed by atoms with Crippen molar-refractivity contribution in [2.45, 2.75) is 26.6 Å². The number of halogens is 3. The Kier molecular flexibility index (Phi) is 6.78. The number of rotatable bonds is 7. The van der Waals surface area contributed by atoms with Gasteiger partial charge in [-0.1, -0.05) is 11.6 Å². The Balaban J connectivity index is 2.14. The van der Waals surface area contributed by atoms with E-state index in [4.69, 9.17) is 21.1 Å². The molecule has 0 aliphatic carbocycles. The van der Waals surface area contributed by atoms with Gasteiger partial charge >= 0.3 is 0 Å². The monoisotopic (exact) mass is 434 g/mol. The van der Waals surface area contributed by atoms with Crippen LogP contribution in [0.25, 0.3) is 0 Å². The molecule has 0 unspecified atom stereocenters. The average molecular weight is 435 g/mol. The van der Waals surface area contributed by atoms with Crippen LogP contribution in [0.3, 0.4) is 0 Å². The Morgan fingerprint density at radius 2 is 1.93 bits per heavy atom. The number of sulfonamides is 1. The Morgan fingerprint density at radius 1 is 1.25 bits per heavy atom. The van der Waals surface area contributed by atoms with Crippen molar-refractivity contribution >= 4 is 27.5 Å². The fourth-order valence-electron chi connectivity index (χ4n) is 2.05. The van der Waals surface area contributed by atoms with E-state index in [2.05, 4.69) is 4.98 Å². The Hall–Kier alpha value is -2.46. The predicted octanol–water partition coefficient (Wildman–Crippen LogP) is 3.07. The van der Waals surface area contributed by atoms with Crippen molar-refractivity contribution in [1.82, 2.24) is 9.71 Å². The van der Waals surface area contributed by atoms with Gasteiger partial charge in [-0.05, 0) is 26.0 Å². The van der Waals surface area contributed by atoms with Crippen LogP contribution >= 0.6 is 11.6 Å². The highest BCUT2D eigenvalue weighted by Gasteiger charge is 2.19. The average Bonchev–Trinajstić information content (AvgIpc) is 2.55. The maximum Gasteiger partial charge on any atom is 0.267 e. The molecule has 1 N–H and O–H groups in total. The topological polar surface area (TPSA) is 94.6 Å². The standard InChI is InChI=1S/C17H17ClF2N2O5S/c1-9(2)27-17-13(18)5-11(7-21-17)26-8-10-4-15(20)12(6-14(10)19)16(23)22-28(3,24)25/h4-7,9H,8H2,1-3H3,(H,22,23). The van der Waals surface area contributed by atoms with Crippen LogP contribution in [0.5, 0.6) is 11.6 Å². The summed E-state index contributed by atoms with van der Waals surface area (Å²) >= 11 is 6.03. The van der Waals surface area contributed by atoms with E-state index < -0.39 is 33.1 Å². The number of amides is 1. The summed E-state index contributed by atoms with van der Waals surface area (Å²) in [7, 11) is -3.92. The van der Waals surface area contributed by atoms with Gasteiger partial charge in [-0.25, -0.2) is 26.9 Å². The van der Waals surface area contributed by atoms with Gasteiger partial charge in [-0.3, -0.25) is 4.79 Å². The van der Waals surface area contributed by atoms with E-state index in [9.17, 15) is 22.0 Å². The summed E-state index contributed by atoms with van der Waals surface area (Å²) in [6, 6.07) is 2.76. The predicted molar refractivity (Wildman–Crippen MR) is 98.0 cm³/mol. The molecule has 1 aromatic heterocycles. The second kappa shape index (κ2) is 8.70. The van der Waals surface area contributed by atoms with Crippen LogP contribution in [-0.4, -0.2) is 31.7 Å². The minimum atomic E-state index is -3.92. The highest BCUT2D eigenvalue weighted by atomic mass is 35.5. The molecule has 28 heavy (non-hydrogen) atoms. The number of carbonyl (C=O) groups excluding carboxylic acids is 1. The fraction of sp³-hybridized carbons (Fsp3) is 0.294. The first-order valence-corrected chi connectivity index (χ1v) is 10.2. The summed E-state index contributed by atoms with van der Waals surface area (Å²) in [6.07, 6.45) is 1.90. The third-order valence-electron chi connectivity index (χ3n) is 3.18. The molecule has 11 heteroatoms. The number of carbonyl (C=O) groups is 1. The van der Waals surface area contributed by atoms with Crippen molar-refractivity contribution in [2.75, 3.05) is 6.26 Å². The second-order valence-corrected chi connectivity index (χ2v) is 8.20. The highest BCUT2D eigenvalue weighted by Crippen LogP contribution is 2.27. The molecule has 7 nitrogen and oxygen atoms in total. The van der Waals surface area contributed by atoms with E-state index in [0.717, 1.165) is 12.3 Å². The van der Waals surface area contributed by atoms with Gasteiger partial charge in [0.2, 0.25) is 15.9 Å². The first kappa shape index (κ1) is 21.8. The van der Waals surface area contributed by atoms with Crippen molar-refractivity contribution in [1.29, 1.82) is 0 Å². The summed E-state index contributed by atoms with van der Waals surface area (Å²) in [6.45, 7) is 3.23. The maximum absolute atomic E-state index is 14.2. The van der Waals surface area contributed by atoms with Crippen molar-refractivity contribution in [2.24, 2.45) is 0 Å². The third kappa shape index (κ3) is 6.03. The van der Waals surface area contributed by atoms with Gasteiger partial charge in [-0.15, -0.1) is 0 Å². The van der Waals surface area contributed by atoms with Crippen molar-refractivity contribution in [3.63, 3.8) is 0 Å². The Labute approximate surface area is 165 Å². The molecule has 0 aliphatic heterocycles. The van der Waals surface area contributed by atoms with Crippen LogP contribution in [0, 0.1) is 11.6 Å². The smallest absolute Gasteiger partial charge is 0.267 e. The van der Waals surface area contributed by atoms with Crippen LogP contribution < -0.4 is 14.2 Å². The number of hydrogen-bond acceptors (Lipinski definition) is 6. The summed E-state index contributed by atoms with van der Waals surface area (Å²) in [5.74, 6) is -2.91. The molecular weight excluding hydrogens is 418 g/mol. The van der Waals surface area contributed by atoms with Gasteiger partial charge in [-0.2, -0.15) is 0 Å². The quantitative estimate of drug-likeness (QED) is 0.719. The van der Waals surface area contributed by atoms with E-state index >= 15 is 0 Å². The molecule has 0 bridgehead atoms. The van der Waals surface area contributed by atoms with Gasteiger partial charge in [0.25, 0.3) is 5.91 Å². The zero-order valence-electron chi connectivity index (χ0n) is 15.1. The minimum absolute atomic E-state index is 0.132. The molecule has 2 aromatic rings. The van der Waals surface area contributed by atoms with E-state index in [1.165, 1.54) is 12.3 Å². The summed E-state index contributed by atoms with van der Waals surface area (Å²) in [4.78, 5) is 15.7. The molecule has 1 amide bonds. The summed E-state index contributed by atoms with van der Waals surface area (Å²) in [5.41, 5.74) is -0.932. The lowest BCUT2D eigenvalue weighted by atomic mass is 10.1. The summed E-state index contributed by atoms with van der Waals surface area (Å²) in [5, 5.41) is 0.186. The first-order chi connectivity index (χ1) is 13.0. The molecule has 1 heterocycles. The molecule has 1 aromatic carbocycles. The number of hydrogen-bond donors (Lipinski definition) is 1. The molecule has 0 saturated carbocycles. The number of nitrogens with one attached hydrogen (secondary N) is 1.